The van der Waals surface area contributed by atoms with Crippen LogP contribution < -0.4 is 9.80 Å². The Kier molecular flexibility index (Phi) is 3.70. The Bertz CT molecular complexity index is 2090. The van der Waals surface area contributed by atoms with Crippen LogP contribution in [0.5, 0.6) is 0 Å². The van der Waals surface area contributed by atoms with Crippen molar-refractivity contribution in [2.75, 3.05) is 23.9 Å². The molecule has 3 aliphatic heterocycles. The summed E-state index contributed by atoms with van der Waals surface area (Å²) in [5, 5.41) is 2.20. The molecule has 0 amide bonds. The van der Waals surface area contributed by atoms with Crippen LogP contribution >= 0.6 is 0 Å². The zero-order valence-electron chi connectivity index (χ0n) is 21.6. The molecule has 1 spiro atoms. The van der Waals surface area contributed by atoms with Gasteiger partial charge in [0.2, 0.25) is 0 Å². The molecule has 0 saturated heterocycles. The summed E-state index contributed by atoms with van der Waals surface area (Å²) >= 11 is 0. The number of nitrogens with zero attached hydrogens (tertiary/aromatic N) is 3. The monoisotopic (exact) mass is 504 g/mol. The summed E-state index contributed by atoms with van der Waals surface area (Å²) < 4.78 is 1.98. The van der Waals surface area contributed by atoms with Gasteiger partial charge in [0.25, 0.3) is 5.91 Å². The molecule has 1 atom stereocenters. The molecule has 4 aromatic carbocycles. The van der Waals surface area contributed by atoms with E-state index in [1.807, 2.05) is 16.7 Å². The number of hydrogen-bond acceptors (Lipinski definition) is 3. The normalized spacial score (nSPS) is 18.7. The van der Waals surface area contributed by atoms with E-state index in [0.717, 1.165) is 72.6 Å². The largest absolute Gasteiger partial charge is 0.355 e. The third-order valence-electron chi connectivity index (χ3n) is 9.02. The van der Waals surface area contributed by atoms with Gasteiger partial charge >= 0.3 is 0 Å². The number of carbonyl (C=O) groups excluding carboxylic acids is 1. The molecule has 0 saturated carbocycles. The fourth-order valence-corrected chi connectivity index (χ4v) is 7.44. The second-order valence-electron chi connectivity index (χ2n) is 10.8. The van der Waals surface area contributed by atoms with E-state index in [0.29, 0.717) is 0 Å². The van der Waals surface area contributed by atoms with Crippen molar-refractivity contribution >= 4 is 62.1 Å². The molecule has 0 bridgehead atoms. The van der Waals surface area contributed by atoms with Crippen LogP contribution in [0, 0.1) is 0 Å². The van der Waals surface area contributed by atoms with E-state index in [2.05, 4.69) is 120 Å². The standard InChI is InChI=1S/C34H24N4O/c1-36-26-16-8-3-11-20(26)19-24-31-29(36)22-13-5-9-17-27(22)38(31)33(39)34(24)23-14-6-10-18-28(23)37(2)30-21-12-4-7-15-25(21)35-32(30)34/h3-19,35H,1-2H3. The van der Waals surface area contributed by atoms with Crippen LogP contribution in [0.2, 0.25) is 0 Å². The first-order chi connectivity index (χ1) is 19.1. The maximum absolute atomic E-state index is 15.3. The van der Waals surface area contributed by atoms with Gasteiger partial charge < -0.3 is 14.8 Å². The van der Waals surface area contributed by atoms with E-state index < -0.39 is 5.41 Å². The lowest BCUT2D eigenvalue weighted by molar-refractivity contribution is 0.0880. The summed E-state index contributed by atoms with van der Waals surface area (Å²) in [6.07, 6.45) is 2.26. The van der Waals surface area contributed by atoms with Gasteiger partial charge in [0.05, 0.1) is 28.3 Å². The van der Waals surface area contributed by atoms with E-state index in [-0.39, 0.29) is 5.91 Å². The van der Waals surface area contributed by atoms with E-state index >= 15 is 4.79 Å². The van der Waals surface area contributed by atoms with Crippen molar-refractivity contribution in [2.24, 2.45) is 0 Å². The summed E-state index contributed by atoms with van der Waals surface area (Å²) in [5.74, 6) is 0.0623. The van der Waals surface area contributed by atoms with E-state index in [4.69, 9.17) is 0 Å². The van der Waals surface area contributed by atoms with Crippen LogP contribution in [0.1, 0.15) is 27.3 Å². The number of para-hydroxylation sites is 4. The van der Waals surface area contributed by atoms with E-state index in [1.165, 1.54) is 0 Å². The maximum Gasteiger partial charge on any atom is 0.253 e. The highest BCUT2D eigenvalue weighted by Gasteiger charge is 2.60. The summed E-state index contributed by atoms with van der Waals surface area (Å²) in [4.78, 5) is 23.6. The summed E-state index contributed by atoms with van der Waals surface area (Å²) in [6.45, 7) is 0. The number of allylic oxidation sites excluding steroid dienone is 1. The zero-order valence-corrected chi connectivity index (χ0v) is 21.6. The lowest BCUT2D eigenvalue weighted by atomic mass is 9.68. The SMILES string of the molecule is CN1c2ccccc2C2(C(=O)n3c4c(c5ccccc53)N(C)c3ccccc3C=C42)c2[nH]c3ccccc3c21. The Morgan fingerprint density at radius 2 is 1.36 bits per heavy atom. The van der Waals surface area contributed by atoms with Crippen molar-refractivity contribution in [1.82, 2.24) is 9.55 Å². The molecule has 5 heteroatoms. The first kappa shape index (κ1) is 21.0. The Balaban J connectivity index is 1.53. The summed E-state index contributed by atoms with van der Waals surface area (Å²) in [6, 6.07) is 33.5. The molecule has 5 nitrogen and oxygen atoms in total. The van der Waals surface area contributed by atoms with Crippen LogP contribution in [0.25, 0.3) is 33.5 Å². The number of anilines is 4. The van der Waals surface area contributed by atoms with Crippen molar-refractivity contribution in [3.63, 3.8) is 0 Å². The third-order valence-corrected chi connectivity index (χ3v) is 9.02. The van der Waals surface area contributed by atoms with Gasteiger partial charge in [-0.1, -0.05) is 72.8 Å². The highest BCUT2D eigenvalue weighted by Crippen LogP contribution is 2.63. The molecule has 1 unspecified atom stereocenters. The van der Waals surface area contributed by atoms with Crippen LogP contribution in [0.4, 0.5) is 22.7 Å². The molecule has 2 aromatic heterocycles. The van der Waals surface area contributed by atoms with Crippen LogP contribution in [0.15, 0.2) is 97.1 Å². The summed E-state index contributed by atoms with van der Waals surface area (Å²) in [5.41, 5.74) is 10.3. The molecule has 0 aliphatic carbocycles. The number of carbonyl (C=O) groups is 1. The zero-order chi connectivity index (χ0) is 26.0. The quantitative estimate of drug-likeness (QED) is 0.233. The van der Waals surface area contributed by atoms with Gasteiger partial charge in [-0.3, -0.25) is 9.36 Å². The Hall–Kier alpha value is -5.03. The maximum atomic E-state index is 15.3. The summed E-state index contributed by atoms with van der Waals surface area (Å²) in [7, 11) is 4.22. The van der Waals surface area contributed by atoms with Crippen molar-refractivity contribution < 1.29 is 4.79 Å². The molecule has 9 rings (SSSR count). The number of aromatic nitrogens is 2. The second-order valence-corrected chi connectivity index (χ2v) is 10.8. The number of H-pyrrole nitrogens is 1. The highest BCUT2D eigenvalue weighted by molar-refractivity contribution is 6.27. The van der Waals surface area contributed by atoms with Gasteiger partial charge in [-0.2, -0.15) is 0 Å². The van der Waals surface area contributed by atoms with Crippen LogP contribution in [-0.2, 0) is 5.41 Å². The predicted octanol–water partition coefficient (Wildman–Crippen LogP) is 7.47. The first-order valence-electron chi connectivity index (χ1n) is 13.3. The van der Waals surface area contributed by atoms with Crippen LogP contribution in [0.3, 0.4) is 0 Å². The lowest BCUT2D eigenvalue weighted by Gasteiger charge is -2.40. The Labute approximate surface area is 225 Å². The fraction of sp³-hybridized carbons (Fsp3) is 0.0882. The van der Waals surface area contributed by atoms with Crippen molar-refractivity contribution in [3.8, 4) is 0 Å². The molecule has 6 aromatic rings. The van der Waals surface area contributed by atoms with E-state index in [1.54, 1.807) is 0 Å². The molecule has 0 radical (unpaired) electrons. The number of rotatable bonds is 0. The van der Waals surface area contributed by atoms with Crippen LogP contribution in [-0.4, -0.2) is 29.6 Å². The van der Waals surface area contributed by atoms with Crippen molar-refractivity contribution in [1.29, 1.82) is 0 Å². The van der Waals surface area contributed by atoms with Gasteiger partial charge in [-0.25, -0.2) is 0 Å². The number of fused-ring (bicyclic) bond motifs is 11. The fourth-order valence-electron chi connectivity index (χ4n) is 7.44. The third kappa shape index (κ3) is 2.23. The Morgan fingerprint density at radius 1 is 0.692 bits per heavy atom. The molecular formula is C34H24N4O. The van der Waals surface area contributed by atoms with Crippen molar-refractivity contribution in [2.45, 2.75) is 5.41 Å². The van der Waals surface area contributed by atoms with Gasteiger partial charge in [-0.05, 0) is 35.9 Å². The second kappa shape index (κ2) is 6.88. The Morgan fingerprint density at radius 3 is 2.23 bits per heavy atom. The number of benzene rings is 4. The molecule has 39 heavy (non-hydrogen) atoms. The van der Waals surface area contributed by atoms with Gasteiger partial charge in [0.1, 0.15) is 5.41 Å². The minimum atomic E-state index is -1.02. The van der Waals surface area contributed by atoms with Gasteiger partial charge in [0, 0.05) is 52.9 Å². The highest BCUT2D eigenvalue weighted by atomic mass is 16.2. The smallest absolute Gasteiger partial charge is 0.253 e. The topological polar surface area (TPSA) is 44.3 Å². The van der Waals surface area contributed by atoms with Crippen molar-refractivity contribution in [3.05, 3.63) is 120 Å². The average molecular weight is 505 g/mol. The van der Waals surface area contributed by atoms with Gasteiger partial charge in [0.15, 0.2) is 0 Å². The first-order valence-corrected chi connectivity index (χ1v) is 13.3. The minimum Gasteiger partial charge on any atom is -0.355 e. The molecule has 1 N–H and O–H groups in total. The molecular weight excluding hydrogens is 480 g/mol. The lowest BCUT2D eigenvalue weighted by Crippen LogP contribution is -2.41. The van der Waals surface area contributed by atoms with Gasteiger partial charge in [-0.15, -0.1) is 0 Å². The number of aromatic amines is 1. The molecule has 186 valence electrons. The molecule has 0 fully saturated rings. The minimum absolute atomic E-state index is 0.0623. The predicted molar refractivity (Wildman–Crippen MR) is 159 cm³/mol. The molecule has 5 heterocycles. The number of hydrogen-bond donors (Lipinski definition) is 1. The average Bonchev–Trinajstić information content (AvgIpc) is 3.57. The number of nitrogens with one attached hydrogen (secondary N) is 1. The van der Waals surface area contributed by atoms with E-state index in [9.17, 15) is 0 Å². The molecule has 3 aliphatic rings.